The molecule has 0 saturated carbocycles. The zero-order valence-electron chi connectivity index (χ0n) is 15.0. The van der Waals surface area contributed by atoms with Gasteiger partial charge < -0.3 is 0 Å². The Hall–Kier alpha value is -2.82. The zero-order chi connectivity index (χ0) is 18.8. The number of ketones is 1. The highest BCUT2D eigenvalue weighted by molar-refractivity contribution is 5.95. The summed E-state index contributed by atoms with van der Waals surface area (Å²) in [7, 11) is 0. The van der Waals surface area contributed by atoms with E-state index in [4.69, 9.17) is 0 Å². The highest BCUT2D eigenvalue weighted by Gasteiger charge is 2.27. The van der Waals surface area contributed by atoms with Crippen molar-refractivity contribution in [3.63, 3.8) is 0 Å². The van der Waals surface area contributed by atoms with Crippen LogP contribution in [-0.2, 0) is 19.5 Å². The fourth-order valence-corrected chi connectivity index (χ4v) is 3.71. The van der Waals surface area contributed by atoms with Crippen LogP contribution >= 0.6 is 0 Å². The molecule has 0 N–H and O–H groups in total. The molecule has 2 aromatic carbocycles. The Kier molecular flexibility index (Phi) is 4.84. The first-order valence-corrected chi connectivity index (χ1v) is 9.28. The Labute approximate surface area is 156 Å². The van der Waals surface area contributed by atoms with Gasteiger partial charge in [-0.2, -0.15) is 0 Å². The van der Waals surface area contributed by atoms with Crippen LogP contribution in [-0.4, -0.2) is 10.4 Å². The van der Waals surface area contributed by atoms with Crippen molar-refractivity contribution in [1.29, 1.82) is 0 Å². The van der Waals surface area contributed by atoms with E-state index in [9.17, 15) is 13.6 Å². The molecule has 2 heterocycles. The van der Waals surface area contributed by atoms with E-state index in [1.54, 1.807) is 12.1 Å². The summed E-state index contributed by atoms with van der Waals surface area (Å²) < 4.78 is 30.7. The minimum Gasteiger partial charge on any atom is -0.290 e. The number of carbonyl (C=O) groups is 1. The normalized spacial score (nSPS) is 13.9. The molecule has 0 aliphatic carbocycles. The Bertz CT molecular complexity index is 959. The number of Topliss-reactive ketones (excluding diaryl/α,β-unsaturated/α-hetero) is 1. The topological polar surface area (TPSA) is 25.9 Å². The number of fused-ring (bicyclic) bond motifs is 1. The first-order valence-electron chi connectivity index (χ1n) is 9.28. The molecular weight excluding hydrogens is 346 g/mol. The lowest BCUT2D eigenvalue weighted by molar-refractivity contribution is -0.690. The minimum absolute atomic E-state index is 0.0525. The van der Waals surface area contributed by atoms with E-state index in [1.165, 1.54) is 36.4 Å². The summed E-state index contributed by atoms with van der Waals surface area (Å²) in [5.41, 5.74) is 2.44. The molecule has 0 bridgehead atoms. The van der Waals surface area contributed by atoms with Gasteiger partial charge in [0.15, 0.2) is 12.2 Å². The smallest absolute Gasteiger partial charge is 0.257 e. The molecule has 0 radical (unpaired) electrons. The maximum absolute atomic E-state index is 13.3. The van der Waals surface area contributed by atoms with Crippen molar-refractivity contribution in [3.8, 4) is 11.3 Å². The highest BCUT2D eigenvalue weighted by atomic mass is 19.1. The maximum atomic E-state index is 13.3. The first-order chi connectivity index (χ1) is 13.1. The van der Waals surface area contributed by atoms with Crippen LogP contribution in [0.2, 0.25) is 0 Å². The van der Waals surface area contributed by atoms with E-state index in [0.717, 1.165) is 49.3 Å². The van der Waals surface area contributed by atoms with Crippen LogP contribution < -0.4 is 4.57 Å². The lowest BCUT2D eigenvalue weighted by Crippen LogP contribution is -2.40. The Balaban J connectivity index is 1.71. The molecule has 1 aliphatic rings. The lowest BCUT2D eigenvalue weighted by atomic mass is 10.1. The van der Waals surface area contributed by atoms with E-state index in [2.05, 4.69) is 4.57 Å². The fraction of sp³-hybridized carbons (Fsp3) is 0.273. The second-order valence-electron chi connectivity index (χ2n) is 6.96. The average molecular weight is 367 g/mol. The van der Waals surface area contributed by atoms with Gasteiger partial charge in [-0.05, 0) is 67.8 Å². The maximum Gasteiger partial charge on any atom is 0.257 e. The molecule has 138 valence electrons. The molecule has 3 nitrogen and oxygen atoms in total. The second-order valence-corrected chi connectivity index (χ2v) is 6.96. The minimum atomic E-state index is -0.351. The number of nitrogens with zero attached hydrogens (tertiary/aromatic N) is 2. The first kappa shape index (κ1) is 17.6. The van der Waals surface area contributed by atoms with Crippen LogP contribution in [0.1, 0.15) is 35.4 Å². The monoisotopic (exact) mass is 367 g/mol. The Morgan fingerprint density at radius 2 is 1.59 bits per heavy atom. The molecule has 0 amide bonds. The third kappa shape index (κ3) is 3.68. The highest BCUT2D eigenvalue weighted by Crippen LogP contribution is 2.24. The predicted octanol–water partition coefficient (Wildman–Crippen LogP) is 4.33. The van der Waals surface area contributed by atoms with Crippen molar-refractivity contribution in [1.82, 2.24) is 4.57 Å². The van der Waals surface area contributed by atoms with Crippen molar-refractivity contribution < 1.29 is 18.1 Å². The van der Waals surface area contributed by atoms with Crippen LogP contribution in [0.3, 0.4) is 0 Å². The van der Waals surface area contributed by atoms with Gasteiger partial charge in [0.2, 0.25) is 5.78 Å². The predicted molar refractivity (Wildman–Crippen MR) is 98.3 cm³/mol. The Morgan fingerprint density at radius 1 is 0.926 bits per heavy atom. The molecule has 0 atom stereocenters. The van der Waals surface area contributed by atoms with Crippen LogP contribution in [0.5, 0.6) is 0 Å². The number of rotatable bonds is 4. The molecule has 4 rings (SSSR count). The molecule has 3 aromatic rings. The quantitative estimate of drug-likeness (QED) is 0.498. The number of hydrogen-bond acceptors (Lipinski definition) is 1. The van der Waals surface area contributed by atoms with Gasteiger partial charge in [-0.1, -0.05) is 0 Å². The number of imidazole rings is 1. The van der Waals surface area contributed by atoms with Crippen molar-refractivity contribution in [2.24, 2.45) is 0 Å². The largest absolute Gasteiger partial charge is 0.290 e. The van der Waals surface area contributed by atoms with Crippen LogP contribution in [0.15, 0.2) is 54.7 Å². The third-order valence-corrected chi connectivity index (χ3v) is 5.11. The molecule has 0 saturated heterocycles. The molecule has 27 heavy (non-hydrogen) atoms. The van der Waals surface area contributed by atoms with Crippen molar-refractivity contribution in [3.05, 3.63) is 77.8 Å². The molecule has 5 heteroatoms. The van der Waals surface area contributed by atoms with Gasteiger partial charge in [0.05, 0.1) is 6.54 Å². The van der Waals surface area contributed by atoms with Gasteiger partial charge in [0.1, 0.15) is 17.8 Å². The Morgan fingerprint density at radius 3 is 2.30 bits per heavy atom. The van der Waals surface area contributed by atoms with E-state index in [-0.39, 0.29) is 24.0 Å². The lowest BCUT2D eigenvalue weighted by Gasteiger charge is -2.03. The molecule has 0 fully saturated rings. The summed E-state index contributed by atoms with van der Waals surface area (Å²) in [5.74, 6) is 0.446. The molecule has 1 aliphatic heterocycles. The molecule has 0 spiro atoms. The fourth-order valence-electron chi connectivity index (χ4n) is 3.71. The number of aromatic nitrogens is 2. The number of carbonyl (C=O) groups excluding carboxylic acids is 1. The van der Waals surface area contributed by atoms with Gasteiger partial charge in [0.25, 0.3) is 5.82 Å². The van der Waals surface area contributed by atoms with Gasteiger partial charge in [-0.3, -0.25) is 4.79 Å². The van der Waals surface area contributed by atoms with Crippen LogP contribution in [0, 0.1) is 11.6 Å². The summed E-state index contributed by atoms with van der Waals surface area (Å²) in [5, 5.41) is 0. The summed E-state index contributed by atoms with van der Waals surface area (Å²) in [6.07, 6.45) is 6.20. The van der Waals surface area contributed by atoms with Gasteiger partial charge >= 0.3 is 0 Å². The van der Waals surface area contributed by atoms with Gasteiger partial charge in [0, 0.05) is 17.5 Å². The SMILES string of the molecule is O=C(C[n+]1cc(-c2ccc(F)cc2)n2c1CCCCC2)c1ccc(F)cc1. The summed E-state index contributed by atoms with van der Waals surface area (Å²) >= 11 is 0. The summed E-state index contributed by atoms with van der Waals surface area (Å²) in [6.45, 7) is 1.10. The van der Waals surface area contributed by atoms with Crippen molar-refractivity contribution in [2.75, 3.05) is 0 Å². The molecular formula is C22H21F2N2O+. The second kappa shape index (κ2) is 7.43. The van der Waals surface area contributed by atoms with Gasteiger partial charge in [-0.15, -0.1) is 0 Å². The van der Waals surface area contributed by atoms with E-state index < -0.39 is 0 Å². The van der Waals surface area contributed by atoms with Crippen LogP contribution in [0.25, 0.3) is 11.3 Å². The van der Waals surface area contributed by atoms with E-state index in [1.807, 2.05) is 10.8 Å². The van der Waals surface area contributed by atoms with Gasteiger partial charge in [-0.25, -0.2) is 17.9 Å². The standard InChI is InChI=1S/C22H21F2N2O/c23-18-9-5-16(6-10-18)20-14-25(22-4-2-1-3-13-26(20)22)15-21(27)17-7-11-19(24)12-8-17/h5-12,14H,1-4,13,15H2/q+1. The molecule has 0 unspecified atom stereocenters. The van der Waals surface area contributed by atoms with Crippen molar-refractivity contribution >= 4 is 5.78 Å². The summed E-state index contributed by atoms with van der Waals surface area (Å²) in [6, 6.07) is 12.1. The average Bonchev–Trinajstić information content (AvgIpc) is 2.84. The van der Waals surface area contributed by atoms with E-state index >= 15 is 0 Å². The van der Waals surface area contributed by atoms with E-state index in [0.29, 0.717) is 5.56 Å². The number of halogens is 2. The zero-order valence-corrected chi connectivity index (χ0v) is 15.0. The third-order valence-electron chi connectivity index (χ3n) is 5.11. The van der Waals surface area contributed by atoms with Crippen LogP contribution in [0.4, 0.5) is 8.78 Å². The summed E-state index contributed by atoms with van der Waals surface area (Å²) in [4.78, 5) is 12.7. The number of benzene rings is 2. The molecule has 1 aromatic heterocycles. The number of hydrogen-bond donors (Lipinski definition) is 0. The van der Waals surface area contributed by atoms with Crippen molar-refractivity contribution in [2.45, 2.75) is 38.8 Å².